The number of halogens is 2. The molecular formula is C26H18Cl2N2O3. The second kappa shape index (κ2) is 8.10. The van der Waals surface area contributed by atoms with E-state index in [1.165, 1.54) is 4.90 Å². The maximum atomic E-state index is 13.3. The van der Waals surface area contributed by atoms with Crippen molar-refractivity contribution in [1.82, 2.24) is 4.98 Å². The number of aromatic nitrogens is 1. The monoisotopic (exact) mass is 476 g/mol. The highest BCUT2D eigenvalue weighted by Crippen LogP contribution is 2.43. The Kier molecular flexibility index (Phi) is 5.23. The molecule has 1 aliphatic heterocycles. The fourth-order valence-corrected chi connectivity index (χ4v) is 4.50. The number of hydrogen-bond acceptors (Lipinski definition) is 3. The SMILES string of the molecule is Cc1ccc(N2C(=O)C(=O)/C(=C(\O)c3c[nH]c4ccccc34)C2c2ccc(Cl)cc2)cc1Cl. The number of aliphatic hydroxyl groups excluding tert-OH is 1. The van der Waals surface area contributed by atoms with Gasteiger partial charge in [-0.15, -0.1) is 0 Å². The molecule has 0 saturated carbocycles. The van der Waals surface area contributed by atoms with E-state index in [9.17, 15) is 14.7 Å². The van der Waals surface area contributed by atoms with Gasteiger partial charge in [-0.2, -0.15) is 0 Å². The van der Waals surface area contributed by atoms with Gasteiger partial charge in [0.2, 0.25) is 0 Å². The number of ketones is 1. The van der Waals surface area contributed by atoms with E-state index in [0.29, 0.717) is 26.9 Å². The molecular weight excluding hydrogens is 459 g/mol. The molecule has 164 valence electrons. The van der Waals surface area contributed by atoms with Crippen LogP contribution in [0.25, 0.3) is 16.7 Å². The lowest BCUT2D eigenvalue weighted by Crippen LogP contribution is -2.29. The average molecular weight is 477 g/mol. The van der Waals surface area contributed by atoms with Crippen LogP contribution in [0.2, 0.25) is 10.0 Å². The van der Waals surface area contributed by atoms with E-state index in [-0.39, 0.29) is 11.3 Å². The predicted octanol–water partition coefficient (Wildman–Crippen LogP) is 6.41. The number of anilines is 1. The van der Waals surface area contributed by atoms with Crippen LogP contribution in [0.15, 0.2) is 78.5 Å². The molecule has 0 radical (unpaired) electrons. The van der Waals surface area contributed by atoms with Crippen LogP contribution in [0.4, 0.5) is 5.69 Å². The third kappa shape index (κ3) is 3.50. The van der Waals surface area contributed by atoms with Crippen LogP contribution >= 0.6 is 23.2 Å². The first-order chi connectivity index (χ1) is 15.9. The predicted molar refractivity (Wildman–Crippen MR) is 131 cm³/mol. The lowest BCUT2D eigenvalue weighted by molar-refractivity contribution is -0.132. The van der Waals surface area contributed by atoms with Gasteiger partial charge in [-0.3, -0.25) is 14.5 Å². The molecule has 1 fully saturated rings. The molecule has 0 bridgehead atoms. The van der Waals surface area contributed by atoms with Crippen molar-refractivity contribution in [1.29, 1.82) is 0 Å². The summed E-state index contributed by atoms with van der Waals surface area (Å²) in [5.41, 5.74) is 3.20. The summed E-state index contributed by atoms with van der Waals surface area (Å²) in [7, 11) is 0. The summed E-state index contributed by atoms with van der Waals surface area (Å²) in [6, 6.07) is 18.6. The highest BCUT2D eigenvalue weighted by Gasteiger charge is 2.47. The molecule has 5 rings (SSSR count). The molecule has 3 aromatic carbocycles. The number of benzene rings is 3. The molecule has 1 unspecified atom stereocenters. The minimum Gasteiger partial charge on any atom is -0.507 e. The summed E-state index contributed by atoms with van der Waals surface area (Å²) < 4.78 is 0. The van der Waals surface area contributed by atoms with Gasteiger partial charge in [0, 0.05) is 38.4 Å². The van der Waals surface area contributed by atoms with E-state index in [1.54, 1.807) is 48.7 Å². The molecule has 2 N–H and O–H groups in total. The summed E-state index contributed by atoms with van der Waals surface area (Å²) in [4.78, 5) is 31.0. The molecule has 1 aliphatic rings. The van der Waals surface area contributed by atoms with Crippen LogP contribution < -0.4 is 4.90 Å². The molecule has 0 spiro atoms. The average Bonchev–Trinajstić information content (AvgIpc) is 3.35. The minimum atomic E-state index is -0.852. The Morgan fingerprint density at radius 3 is 2.45 bits per heavy atom. The maximum Gasteiger partial charge on any atom is 0.300 e. The molecule has 5 nitrogen and oxygen atoms in total. The van der Waals surface area contributed by atoms with E-state index in [2.05, 4.69) is 4.98 Å². The van der Waals surface area contributed by atoms with Crippen LogP contribution in [0.5, 0.6) is 0 Å². The fraction of sp³-hybridized carbons (Fsp3) is 0.0769. The van der Waals surface area contributed by atoms with Crippen molar-refractivity contribution < 1.29 is 14.7 Å². The number of nitrogens with zero attached hydrogens (tertiary/aromatic N) is 1. The number of carbonyl (C=O) groups excluding carboxylic acids is 2. The Morgan fingerprint density at radius 2 is 1.73 bits per heavy atom. The molecule has 7 heteroatoms. The number of aryl methyl sites for hydroxylation is 1. The number of aromatic amines is 1. The van der Waals surface area contributed by atoms with Gasteiger partial charge >= 0.3 is 0 Å². The van der Waals surface area contributed by atoms with Gasteiger partial charge in [0.05, 0.1) is 11.6 Å². The van der Waals surface area contributed by atoms with Crippen LogP contribution in [0.1, 0.15) is 22.7 Å². The highest BCUT2D eigenvalue weighted by molar-refractivity contribution is 6.52. The Hall–Kier alpha value is -3.54. The van der Waals surface area contributed by atoms with Crippen LogP contribution in [-0.4, -0.2) is 21.8 Å². The van der Waals surface area contributed by atoms with Crippen molar-refractivity contribution in [3.63, 3.8) is 0 Å². The summed E-state index contributed by atoms with van der Waals surface area (Å²) in [5, 5.41) is 13.1. The topological polar surface area (TPSA) is 73.4 Å². The number of H-pyrrole nitrogens is 1. The molecule has 1 saturated heterocycles. The summed E-state index contributed by atoms with van der Waals surface area (Å²) >= 11 is 12.4. The summed E-state index contributed by atoms with van der Waals surface area (Å²) in [6.07, 6.45) is 1.63. The Balaban J connectivity index is 1.76. The number of Topliss-reactive ketones (excluding diaryl/α,β-unsaturated/α-hetero) is 1. The summed E-state index contributed by atoms with van der Waals surface area (Å²) in [6.45, 7) is 1.86. The number of aliphatic hydroxyl groups is 1. The molecule has 1 amide bonds. The number of carbonyl (C=O) groups is 2. The van der Waals surface area contributed by atoms with Crippen LogP contribution in [-0.2, 0) is 9.59 Å². The Labute approximate surface area is 199 Å². The van der Waals surface area contributed by atoms with Crippen LogP contribution in [0, 0.1) is 6.92 Å². The molecule has 33 heavy (non-hydrogen) atoms. The molecule has 4 aromatic rings. The van der Waals surface area contributed by atoms with Gasteiger partial charge in [-0.05, 0) is 48.4 Å². The van der Waals surface area contributed by atoms with Crippen LogP contribution in [0.3, 0.4) is 0 Å². The molecule has 2 heterocycles. The molecule has 1 atom stereocenters. The lowest BCUT2D eigenvalue weighted by Gasteiger charge is -2.26. The number of hydrogen-bond donors (Lipinski definition) is 2. The zero-order valence-corrected chi connectivity index (χ0v) is 19.0. The van der Waals surface area contributed by atoms with Crippen molar-refractivity contribution in [2.75, 3.05) is 4.90 Å². The molecule has 1 aromatic heterocycles. The fourth-order valence-electron chi connectivity index (χ4n) is 4.20. The largest absolute Gasteiger partial charge is 0.507 e. The zero-order chi connectivity index (χ0) is 23.3. The van der Waals surface area contributed by atoms with E-state index in [1.807, 2.05) is 31.2 Å². The van der Waals surface area contributed by atoms with Crippen molar-refractivity contribution in [3.8, 4) is 0 Å². The number of nitrogens with one attached hydrogen (secondary N) is 1. The Bertz CT molecular complexity index is 1450. The van der Waals surface area contributed by atoms with E-state index >= 15 is 0 Å². The van der Waals surface area contributed by atoms with Gasteiger partial charge in [0.25, 0.3) is 11.7 Å². The first-order valence-electron chi connectivity index (χ1n) is 10.3. The Morgan fingerprint density at radius 1 is 1.00 bits per heavy atom. The smallest absolute Gasteiger partial charge is 0.300 e. The highest BCUT2D eigenvalue weighted by atomic mass is 35.5. The quantitative estimate of drug-likeness (QED) is 0.204. The zero-order valence-electron chi connectivity index (χ0n) is 17.5. The first kappa shape index (κ1) is 21.3. The maximum absolute atomic E-state index is 13.3. The number of para-hydroxylation sites is 1. The number of amides is 1. The summed E-state index contributed by atoms with van der Waals surface area (Å²) in [5.74, 6) is -1.75. The third-order valence-corrected chi connectivity index (χ3v) is 6.57. The van der Waals surface area contributed by atoms with E-state index in [4.69, 9.17) is 23.2 Å². The van der Waals surface area contributed by atoms with Crippen molar-refractivity contribution in [3.05, 3.63) is 105 Å². The normalized spacial score (nSPS) is 17.8. The van der Waals surface area contributed by atoms with Crippen molar-refractivity contribution >= 4 is 57.2 Å². The van der Waals surface area contributed by atoms with Gasteiger partial charge < -0.3 is 10.1 Å². The standard InChI is InChI=1S/C26H18Cl2N2O3/c1-14-6-11-17(12-20(14)28)30-23(15-7-9-16(27)10-8-15)22(25(32)26(30)33)24(31)19-13-29-21-5-3-2-4-18(19)21/h2-13,23,29,31H,1H3/b24-22-. The second-order valence-electron chi connectivity index (χ2n) is 7.90. The van der Waals surface area contributed by atoms with Gasteiger partial charge in [0.1, 0.15) is 5.76 Å². The van der Waals surface area contributed by atoms with Gasteiger partial charge in [0.15, 0.2) is 0 Å². The van der Waals surface area contributed by atoms with E-state index in [0.717, 1.165) is 16.5 Å². The van der Waals surface area contributed by atoms with Gasteiger partial charge in [-0.1, -0.05) is 59.6 Å². The lowest BCUT2D eigenvalue weighted by atomic mass is 9.95. The number of rotatable bonds is 3. The van der Waals surface area contributed by atoms with Crippen molar-refractivity contribution in [2.45, 2.75) is 13.0 Å². The van der Waals surface area contributed by atoms with Crippen molar-refractivity contribution in [2.24, 2.45) is 0 Å². The first-order valence-corrected chi connectivity index (χ1v) is 11.0. The minimum absolute atomic E-state index is 0.00349. The number of fused-ring (bicyclic) bond motifs is 1. The van der Waals surface area contributed by atoms with E-state index < -0.39 is 17.7 Å². The molecule has 0 aliphatic carbocycles. The third-order valence-electron chi connectivity index (χ3n) is 5.91. The van der Waals surface area contributed by atoms with Gasteiger partial charge in [-0.25, -0.2) is 0 Å². The second-order valence-corrected chi connectivity index (χ2v) is 8.75.